The second kappa shape index (κ2) is 4.22. The van der Waals surface area contributed by atoms with Crippen LogP contribution in [0, 0.1) is 6.92 Å². The number of phenolic OH excluding ortho intramolecular Hbond substituents is 1. The topological polar surface area (TPSA) is 41.5 Å². The molecule has 3 rings (SSSR count). The Labute approximate surface area is 102 Å². The van der Waals surface area contributed by atoms with E-state index in [1.54, 1.807) is 0 Å². The summed E-state index contributed by atoms with van der Waals surface area (Å²) >= 11 is 0. The highest BCUT2D eigenvalue weighted by Crippen LogP contribution is 2.37. The summed E-state index contributed by atoms with van der Waals surface area (Å²) in [5.74, 6) is 1.45. The van der Waals surface area contributed by atoms with Gasteiger partial charge < -0.3 is 15.2 Å². The minimum Gasteiger partial charge on any atom is -0.507 e. The number of benzene rings is 1. The van der Waals surface area contributed by atoms with Crippen LogP contribution in [0.4, 0.5) is 0 Å². The molecule has 1 unspecified atom stereocenters. The minimum atomic E-state index is 0.475. The lowest BCUT2D eigenvalue weighted by Gasteiger charge is -2.16. The van der Waals surface area contributed by atoms with Crippen molar-refractivity contribution in [3.05, 3.63) is 22.8 Å². The first-order chi connectivity index (χ1) is 8.25. The third-order valence-corrected chi connectivity index (χ3v) is 3.89. The van der Waals surface area contributed by atoms with E-state index in [0.29, 0.717) is 11.8 Å². The Kier molecular flexibility index (Phi) is 2.71. The van der Waals surface area contributed by atoms with Gasteiger partial charge >= 0.3 is 0 Å². The molecule has 0 amide bonds. The molecule has 2 aliphatic rings. The fraction of sp³-hybridized carbons (Fsp3) is 0.571. The summed E-state index contributed by atoms with van der Waals surface area (Å²) in [6.45, 7) is 3.81. The molecule has 1 aromatic rings. The zero-order valence-electron chi connectivity index (χ0n) is 10.3. The van der Waals surface area contributed by atoms with Crippen LogP contribution in [-0.4, -0.2) is 24.3 Å². The summed E-state index contributed by atoms with van der Waals surface area (Å²) in [6.07, 6.45) is 4.32. The Morgan fingerprint density at radius 1 is 1.53 bits per heavy atom. The summed E-state index contributed by atoms with van der Waals surface area (Å²) in [6, 6.07) is 2.48. The first-order valence-electron chi connectivity index (χ1n) is 6.46. The highest BCUT2D eigenvalue weighted by Gasteiger charge is 2.24. The van der Waals surface area contributed by atoms with Gasteiger partial charge in [-0.15, -0.1) is 0 Å². The van der Waals surface area contributed by atoms with Gasteiger partial charge in [0.1, 0.15) is 11.5 Å². The fourth-order valence-electron chi connectivity index (χ4n) is 2.94. The number of ether oxygens (including phenoxy) is 1. The van der Waals surface area contributed by atoms with Crippen LogP contribution in [0.5, 0.6) is 11.5 Å². The molecule has 1 aromatic carbocycles. The highest BCUT2D eigenvalue weighted by molar-refractivity contribution is 5.54. The third kappa shape index (κ3) is 1.89. The maximum absolute atomic E-state index is 10.2. The Bertz CT molecular complexity index is 436. The molecule has 1 saturated heterocycles. The number of nitrogens with one attached hydrogen (secondary N) is 1. The van der Waals surface area contributed by atoms with Crippen LogP contribution in [0.2, 0.25) is 0 Å². The highest BCUT2D eigenvalue weighted by atomic mass is 16.5. The molecule has 0 saturated carbocycles. The third-order valence-electron chi connectivity index (χ3n) is 3.89. The lowest BCUT2D eigenvalue weighted by atomic mass is 9.94. The van der Waals surface area contributed by atoms with Crippen LogP contribution < -0.4 is 10.1 Å². The maximum atomic E-state index is 10.2. The van der Waals surface area contributed by atoms with E-state index in [1.165, 1.54) is 18.4 Å². The van der Waals surface area contributed by atoms with Crippen LogP contribution in [0.3, 0.4) is 0 Å². The zero-order valence-corrected chi connectivity index (χ0v) is 10.3. The van der Waals surface area contributed by atoms with Crippen LogP contribution in [0.25, 0.3) is 0 Å². The number of aryl methyl sites for hydroxylation is 1. The van der Waals surface area contributed by atoms with Gasteiger partial charge in [0, 0.05) is 23.6 Å². The molecule has 92 valence electrons. The number of phenols is 1. The molecule has 1 atom stereocenters. The summed E-state index contributed by atoms with van der Waals surface area (Å²) in [5.41, 5.74) is 3.26. The van der Waals surface area contributed by atoms with Crippen molar-refractivity contribution in [2.45, 2.75) is 38.6 Å². The molecule has 0 spiro atoms. The summed E-state index contributed by atoms with van der Waals surface area (Å²) in [7, 11) is 0. The van der Waals surface area contributed by atoms with Crippen molar-refractivity contribution in [2.24, 2.45) is 0 Å². The standard InChI is InChI=1S/C14H19NO2/c1-9-7-13-11(4-6-17-13)12(14(9)16)8-10-3-2-5-15-10/h7,10,15-16H,2-6,8H2,1H3. The van der Waals surface area contributed by atoms with Crippen LogP contribution in [0.1, 0.15) is 29.5 Å². The number of rotatable bonds is 2. The van der Waals surface area contributed by atoms with Crippen molar-refractivity contribution in [1.82, 2.24) is 5.32 Å². The van der Waals surface area contributed by atoms with Crippen LogP contribution in [-0.2, 0) is 12.8 Å². The van der Waals surface area contributed by atoms with Crippen molar-refractivity contribution in [1.29, 1.82) is 0 Å². The van der Waals surface area contributed by atoms with Crippen molar-refractivity contribution < 1.29 is 9.84 Å². The SMILES string of the molecule is Cc1cc2c(c(CC3CCCN3)c1O)CCO2. The van der Waals surface area contributed by atoms with Gasteiger partial charge in [0.25, 0.3) is 0 Å². The molecule has 17 heavy (non-hydrogen) atoms. The van der Waals surface area contributed by atoms with Crippen molar-refractivity contribution in [3.8, 4) is 11.5 Å². The van der Waals surface area contributed by atoms with E-state index in [1.807, 2.05) is 13.0 Å². The van der Waals surface area contributed by atoms with Gasteiger partial charge in [-0.25, -0.2) is 0 Å². The van der Waals surface area contributed by atoms with Crippen molar-refractivity contribution in [2.75, 3.05) is 13.2 Å². The first kappa shape index (κ1) is 10.9. The lowest BCUT2D eigenvalue weighted by molar-refractivity contribution is 0.356. The normalized spacial score (nSPS) is 22.5. The average molecular weight is 233 g/mol. The van der Waals surface area contributed by atoms with Crippen LogP contribution >= 0.6 is 0 Å². The van der Waals surface area contributed by atoms with Gasteiger partial charge in [-0.2, -0.15) is 0 Å². The Hall–Kier alpha value is -1.22. The van der Waals surface area contributed by atoms with Gasteiger partial charge in [-0.3, -0.25) is 0 Å². The van der Waals surface area contributed by atoms with E-state index < -0.39 is 0 Å². The number of hydrogen-bond donors (Lipinski definition) is 2. The van der Waals surface area contributed by atoms with E-state index in [-0.39, 0.29) is 0 Å². The van der Waals surface area contributed by atoms with Crippen LogP contribution in [0.15, 0.2) is 6.07 Å². The molecule has 2 heterocycles. The monoisotopic (exact) mass is 233 g/mol. The molecule has 2 N–H and O–H groups in total. The smallest absolute Gasteiger partial charge is 0.123 e. The largest absolute Gasteiger partial charge is 0.507 e. The van der Waals surface area contributed by atoms with Crippen molar-refractivity contribution >= 4 is 0 Å². The van der Waals surface area contributed by atoms with Gasteiger partial charge in [-0.05, 0) is 44.4 Å². The quantitative estimate of drug-likeness (QED) is 0.820. The van der Waals surface area contributed by atoms with E-state index in [2.05, 4.69) is 5.32 Å². The Morgan fingerprint density at radius 3 is 3.18 bits per heavy atom. The molecular formula is C14H19NO2. The molecule has 3 nitrogen and oxygen atoms in total. The second-order valence-electron chi connectivity index (χ2n) is 5.09. The predicted octanol–water partition coefficient (Wildman–Crippen LogP) is 1.93. The van der Waals surface area contributed by atoms with Gasteiger partial charge in [-0.1, -0.05) is 0 Å². The first-order valence-corrected chi connectivity index (χ1v) is 6.46. The molecule has 0 radical (unpaired) electrons. The molecular weight excluding hydrogens is 214 g/mol. The minimum absolute atomic E-state index is 0.475. The Morgan fingerprint density at radius 2 is 2.41 bits per heavy atom. The molecule has 3 heteroatoms. The summed E-state index contributed by atoms with van der Waals surface area (Å²) in [5, 5.41) is 13.7. The molecule has 0 bridgehead atoms. The fourth-order valence-corrected chi connectivity index (χ4v) is 2.94. The van der Waals surface area contributed by atoms with E-state index in [4.69, 9.17) is 4.74 Å². The zero-order chi connectivity index (χ0) is 11.8. The molecule has 2 aliphatic heterocycles. The number of aromatic hydroxyl groups is 1. The van der Waals surface area contributed by atoms with E-state index in [0.717, 1.165) is 42.9 Å². The number of fused-ring (bicyclic) bond motifs is 1. The molecule has 0 aliphatic carbocycles. The van der Waals surface area contributed by atoms with E-state index >= 15 is 0 Å². The number of hydrogen-bond acceptors (Lipinski definition) is 3. The maximum Gasteiger partial charge on any atom is 0.123 e. The van der Waals surface area contributed by atoms with Gasteiger partial charge in [0.05, 0.1) is 6.61 Å². The van der Waals surface area contributed by atoms with Gasteiger partial charge in [0.2, 0.25) is 0 Å². The predicted molar refractivity (Wildman–Crippen MR) is 66.8 cm³/mol. The van der Waals surface area contributed by atoms with Crippen molar-refractivity contribution in [3.63, 3.8) is 0 Å². The molecule has 1 fully saturated rings. The molecule has 0 aromatic heterocycles. The second-order valence-corrected chi connectivity index (χ2v) is 5.09. The van der Waals surface area contributed by atoms with Gasteiger partial charge in [0.15, 0.2) is 0 Å². The van der Waals surface area contributed by atoms with E-state index in [9.17, 15) is 5.11 Å². The summed E-state index contributed by atoms with van der Waals surface area (Å²) < 4.78 is 5.61. The Balaban J connectivity index is 1.96. The average Bonchev–Trinajstić information content (AvgIpc) is 2.94. The summed E-state index contributed by atoms with van der Waals surface area (Å²) in [4.78, 5) is 0. The lowest BCUT2D eigenvalue weighted by Crippen LogP contribution is -2.24.